The Morgan fingerprint density at radius 2 is 1.62 bits per heavy atom. The fraction of sp³-hybridized carbons (Fsp3) is 0.355. The molecule has 0 aromatic heterocycles. The summed E-state index contributed by atoms with van der Waals surface area (Å²) in [6.45, 7) is 6.23. The lowest BCUT2D eigenvalue weighted by Gasteiger charge is -2.38. The zero-order chi connectivity index (χ0) is 27.9. The highest BCUT2D eigenvalue weighted by Crippen LogP contribution is 2.31. The van der Waals surface area contributed by atoms with Crippen LogP contribution in [0, 0.1) is 6.92 Å². The standard InChI is InChI=1S/C31H37N5O4/c1-22-7-5-8-23(19-22)33-31(38)34-24-12-13-27(26(20-24)30(37)32-21-25-9-6-18-40-25)35-14-16-36(17-15-35)28-10-3-4-11-29(28)39-2/h3-5,7-8,10-13,19-20,25H,6,9,14-18,21H2,1-2H3,(H,32,37)(H2,33,34,38). The maximum Gasteiger partial charge on any atom is 0.323 e. The molecule has 9 heteroatoms. The molecule has 3 aromatic rings. The average Bonchev–Trinajstić information content (AvgIpc) is 3.50. The summed E-state index contributed by atoms with van der Waals surface area (Å²) in [7, 11) is 1.69. The second-order valence-corrected chi connectivity index (χ2v) is 10.2. The minimum absolute atomic E-state index is 0.0400. The number of para-hydroxylation sites is 2. The number of rotatable bonds is 8. The summed E-state index contributed by atoms with van der Waals surface area (Å²) in [5.41, 5.74) is 4.74. The third-order valence-corrected chi connectivity index (χ3v) is 7.34. The molecule has 9 nitrogen and oxygen atoms in total. The number of nitrogens with zero attached hydrogens (tertiary/aromatic N) is 2. The lowest BCUT2D eigenvalue weighted by molar-refractivity contribution is 0.0858. The fourth-order valence-electron chi connectivity index (χ4n) is 5.27. The van der Waals surface area contributed by atoms with E-state index in [1.807, 2.05) is 61.5 Å². The van der Waals surface area contributed by atoms with Crippen molar-refractivity contribution in [1.29, 1.82) is 0 Å². The zero-order valence-corrected chi connectivity index (χ0v) is 23.1. The topological polar surface area (TPSA) is 95.2 Å². The number of methoxy groups -OCH3 is 1. The average molecular weight is 544 g/mol. The molecule has 2 fully saturated rings. The van der Waals surface area contributed by atoms with E-state index in [9.17, 15) is 9.59 Å². The summed E-state index contributed by atoms with van der Waals surface area (Å²) < 4.78 is 11.3. The highest BCUT2D eigenvalue weighted by atomic mass is 16.5. The number of ether oxygens (including phenoxy) is 2. The molecule has 1 unspecified atom stereocenters. The molecule has 0 bridgehead atoms. The van der Waals surface area contributed by atoms with E-state index in [1.165, 1.54) is 0 Å². The van der Waals surface area contributed by atoms with Crippen LogP contribution >= 0.6 is 0 Å². The second-order valence-electron chi connectivity index (χ2n) is 10.2. The molecule has 40 heavy (non-hydrogen) atoms. The van der Waals surface area contributed by atoms with Gasteiger partial charge in [-0.3, -0.25) is 4.79 Å². The number of nitrogens with one attached hydrogen (secondary N) is 3. The summed E-state index contributed by atoms with van der Waals surface area (Å²) >= 11 is 0. The second kappa shape index (κ2) is 12.7. The van der Waals surface area contributed by atoms with Crippen LogP contribution in [0.4, 0.5) is 27.5 Å². The van der Waals surface area contributed by atoms with E-state index in [-0.39, 0.29) is 18.0 Å². The van der Waals surface area contributed by atoms with Crippen molar-refractivity contribution in [3.8, 4) is 5.75 Å². The number of piperazine rings is 1. The van der Waals surface area contributed by atoms with Gasteiger partial charge in [0.15, 0.2) is 0 Å². The highest BCUT2D eigenvalue weighted by Gasteiger charge is 2.25. The van der Waals surface area contributed by atoms with Gasteiger partial charge in [0.25, 0.3) is 5.91 Å². The fourth-order valence-corrected chi connectivity index (χ4v) is 5.27. The maximum atomic E-state index is 13.5. The zero-order valence-electron chi connectivity index (χ0n) is 23.1. The van der Waals surface area contributed by atoms with E-state index in [2.05, 4.69) is 31.8 Å². The molecule has 0 radical (unpaired) electrons. The van der Waals surface area contributed by atoms with Crippen LogP contribution in [0.5, 0.6) is 5.75 Å². The highest BCUT2D eigenvalue weighted by molar-refractivity contribution is 6.04. The molecule has 0 saturated carbocycles. The van der Waals surface area contributed by atoms with Crippen molar-refractivity contribution in [1.82, 2.24) is 5.32 Å². The molecule has 0 aliphatic carbocycles. The summed E-state index contributed by atoms with van der Waals surface area (Å²) in [6, 6.07) is 20.8. The molecule has 2 heterocycles. The van der Waals surface area contributed by atoms with E-state index in [4.69, 9.17) is 9.47 Å². The molecule has 1 atom stereocenters. The summed E-state index contributed by atoms with van der Waals surface area (Å²) in [4.78, 5) is 30.7. The van der Waals surface area contributed by atoms with E-state index in [0.29, 0.717) is 23.5 Å². The normalized spacial score (nSPS) is 16.9. The minimum atomic E-state index is -0.366. The molecule has 2 saturated heterocycles. The van der Waals surface area contributed by atoms with E-state index >= 15 is 0 Å². The molecule has 3 aromatic carbocycles. The Labute approximate surface area is 235 Å². The predicted molar refractivity (Wildman–Crippen MR) is 159 cm³/mol. The predicted octanol–water partition coefficient (Wildman–Crippen LogP) is 4.88. The van der Waals surface area contributed by atoms with Crippen LogP contribution in [0.15, 0.2) is 66.7 Å². The Hall–Kier alpha value is -4.24. The van der Waals surface area contributed by atoms with Crippen LogP contribution in [0.2, 0.25) is 0 Å². The van der Waals surface area contributed by atoms with Crippen molar-refractivity contribution >= 4 is 34.7 Å². The van der Waals surface area contributed by atoms with Gasteiger partial charge in [-0.1, -0.05) is 24.3 Å². The lowest BCUT2D eigenvalue weighted by Crippen LogP contribution is -2.47. The number of carbonyl (C=O) groups excluding carboxylic acids is 2. The van der Waals surface area contributed by atoms with Gasteiger partial charge in [0.2, 0.25) is 0 Å². The Kier molecular flexibility index (Phi) is 8.71. The number of anilines is 4. The van der Waals surface area contributed by atoms with Gasteiger partial charge in [-0.05, 0) is 67.8 Å². The summed E-state index contributed by atoms with van der Waals surface area (Å²) in [6.07, 6.45) is 1.99. The molecule has 3 amide bonds. The number of hydrogen-bond acceptors (Lipinski definition) is 6. The number of benzene rings is 3. The maximum absolute atomic E-state index is 13.5. The first-order valence-electron chi connectivity index (χ1n) is 13.8. The first-order valence-corrected chi connectivity index (χ1v) is 13.8. The van der Waals surface area contributed by atoms with Crippen molar-refractivity contribution in [3.05, 3.63) is 77.9 Å². The summed E-state index contributed by atoms with van der Waals surface area (Å²) in [5.74, 6) is 0.671. The van der Waals surface area contributed by atoms with E-state index in [1.54, 1.807) is 13.2 Å². The van der Waals surface area contributed by atoms with Crippen LogP contribution in [-0.4, -0.2) is 64.5 Å². The van der Waals surface area contributed by atoms with Crippen molar-refractivity contribution in [2.24, 2.45) is 0 Å². The van der Waals surface area contributed by atoms with Gasteiger partial charge in [0.1, 0.15) is 5.75 Å². The van der Waals surface area contributed by atoms with Crippen LogP contribution in [-0.2, 0) is 4.74 Å². The summed E-state index contributed by atoms with van der Waals surface area (Å²) in [5, 5.41) is 8.79. The van der Waals surface area contributed by atoms with Crippen molar-refractivity contribution < 1.29 is 19.1 Å². The number of urea groups is 1. The van der Waals surface area contributed by atoms with Gasteiger partial charge in [-0.15, -0.1) is 0 Å². The third kappa shape index (κ3) is 6.66. The van der Waals surface area contributed by atoms with Gasteiger partial charge >= 0.3 is 6.03 Å². The van der Waals surface area contributed by atoms with Crippen LogP contribution in [0.25, 0.3) is 0 Å². The van der Waals surface area contributed by atoms with Gasteiger partial charge in [-0.25, -0.2) is 4.79 Å². The third-order valence-electron chi connectivity index (χ3n) is 7.34. The molecular formula is C31H37N5O4. The number of hydrogen-bond donors (Lipinski definition) is 3. The Morgan fingerprint density at radius 1 is 0.900 bits per heavy atom. The quantitative estimate of drug-likeness (QED) is 0.375. The van der Waals surface area contributed by atoms with Gasteiger partial charge in [0.05, 0.1) is 24.5 Å². The van der Waals surface area contributed by atoms with Gasteiger partial charge in [-0.2, -0.15) is 0 Å². The largest absolute Gasteiger partial charge is 0.495 e. The van der Waals surface area contributed by atoms with E-state index in [0.717, 1.165) is 68.3 Å². The SMILES string of the molecule is COc1ccccc1N1CCN(c2ccc(NC(=O)Nc3cccc(C)c3)cc2C(=O)NCC2CCCO2)CC1. The van der Waals surface area contributed by atoms with Crippen molar-refractivity contribution in [3.63, 3.8) is 0 Å². The minimum Gasteiger partial charge on any atom is -0.495 e. The van der Waals surface area contributed by atoms with Gasteiger partial charge in [0, 0.05) is 56.4 Å². The molecule has 3 N–H and O–H groups in total. The molecule has 210 valence electrons. The molecule has 2 aliphatic heterocycles. The van der Waals surface area contributed by atoms with Crippen molar-refractivity contribution in [2.75, 3.05) is 66.9 Å². The van der Waals surface area contributed by atoms with Crippen LogP contribution in [0.1, 0.15) is 28.8 Å². The van der Waals surface area contributed by atoms with Crippen molar-refractivity contribution in [2.45, 2.75) is 25.9 Å². The lowest BCUT2D eigenvalue weighted by atomic mass is 10.1. The number of amides is 3. The molecule has 0 spiro atoms. The molecule has 2 aliphatic rings. The monoisotopic (exact) mass is 543 g/mol. The van der Waals surface area contributed by atoms with Crippen LogP contribution in [0.3, 0.4) is 0 Å². The smallest absolute Gasteiger partial charge is 0.323 e. The molecule has 5 rings (SSSR count). The number of carbonyl (C=O) groups is 2. The number of aryl methyl sites for hydroxylation is 1. The van der Waals surface area contributed by atoms with Gasteiger partial charge < -0.3 is 35.2 Å². The van der Waals surface area contributed by atoms with E-state index < -0.39 is 0 Å². The Morgan fingerprint density at radius 3 is 2.33 bits per heavy atom. The Bertz CT molecular complexity index is 1330. The Balaban J connectivity index is 1.31. The first-order chi connectivity index (χ1) is 19.5. The molecular weight excluding hydrogens is 506 g/mol. The first kappa shape index (κ1) is 27.3. The van der Waals surface area contributed by atoms with Crippen LogP contribution < -0.4 is 30.5 Å².